The summed E-state index contributed by atoms with van der Waals surface area (Å²) in [5.41, 5.74) is 27.6. The maximum Gasteiger partial charge on any atom is 0.252 e. The van der Waals surface area contributed by atoms with Crippen molar-refractivity contribution in [2.24, 2.45) is 0 Å². The van der Waals surface area contributed by atoms with Crippen LogP contribution in [0.2, 0.25) is 0 Å². The summed E-state index contributed by atoms with van der Waals surface area (Å²) in [6.45, 7) is 23.9. The van der Waals surface area contributed by atoms with E-state index < -0.39 is 0 Å². The molecule has 9 aromatic carbocycles. The van der Waals surface area contributed by atoms with Gasteiger partial charge in [0.05, 0.1) is 16.9 Å². The lowest BCUT2D eigenvalue weighted by atomic mass is 9.33. The third-order valence-electron chi connectivity index (χ3n) is 18.9. The summed E-state index contributed by atoms with van der Waals surface area (Å²) in [4.78, 5) is 8.13. The van der Waals surface area contributed by atoms with Gasteiger partial charge in [-0.15, -0.1) is 0 Å². The second-order valence-corrected chi connectivity index (χ2v) is 25.4. The molecule has 4 heteroatoms. The molecular weight excluding hydrogens is 906 g/mol. The van der Waals surface area contributed by atoms with Gasteiger partial charge in [-0.3, -0.25) is 0 Å². The van der Waals surface area contributed by atoms with Crippen molar-refractivity contribution in [1.29, 1.82) is 0 Å². The molecule has 0 spiro atoms. The van der Waals surface area contributed by atoms with Crippen molar-refractivity contribution in [2.75, 3.05) is 14.7 Å². The Morgan fingerprint density at radius 2 is 0.973 bits per heavy atom. The smallest absolute Gasteiger partial charge is 0.252 e. The zero-order valence-corrected chi connectivity index (χ0v) is 45.3. The van der Waals surface area contributed by atoms with E-state index in [1.54, 1.807) is 0 Å². The van der Waals surface area contributed by atoms with Crippen LogP contribution in [0.5, 0.6) is 0 Å². The highest BCUT2D eigenvalue weighted by Gasteiger charge is 2.63. The molecule has 368 valence electrons. The Morgan fingerprint density at radius 3 is 1.63 bits per heavy atom. The number of anilines is 8. The largest absolute Gasteiger partial charge is 0.334 e. The molecule has 4 aliphatic heterocycles. The van der Waals surface area contributed by atoms with Crippen molar-refractivity contribution in [3.63, 3.8) is 0 Å². The van der Waals surface area contributed by atoms with Gasteiger partial charge in [0.15, 0.2) is 0 Å². The van der Waals surface area contributed by atoms with Gasteiger partial charge in [-0.1, -0.05) is 202 Å². The minimum Gasteiger partial charge on any atom is -0.334 e. The lowest BCUT2D eigenvalue weighted by Crippen LogP contribution is -2.62. The molecule has 2 unspecified atom stereocenters. The summed E-state index contributed by atoms with van der Waals surface area (Å²) in [6, 6.07) is 75.4. The number of benzene rings is 9. The Hall–Kier alpha value is -7.56. The summed E-state index contributed by atoms with van der Waals surface area (Å²) in [7, 11) is 0. The van der Waals surface area contributed by atoms with Crippen LogP contribution in [0.4, 0.5) is 45.5 Å². The van der Waals surface area contributed by atoms with Crippen LogP contribution in [-0.2, 0) is 21.7 Å². The van der Waals surface area contributed by atoms with Gasteiger partial charge in [0, 0.05) is 56.1 Å². The summed E-state index contributed by atoms with van der Waals surface area (Å²) in [5, 5.41) is 0. The number of hydrogen-bond donors (Lipinski definition) is 0. The van der Waals surface area contributed by atoms with Gasteiger partial charge in [0.2, 0.25) is 0 Å². The number of nitrogens with zero attached hydrogens (tertiary/aromatic N) is 3. The molecule has 1 saturated carbocycles. The van der Waals surface area contributed by atoms with E-state index in [4.69, 9.17) is 0 Å². The molecular formula is C71H66BN3. The molecule has 75 heavy (non-hydrogen) atoms. The third kappa shape index (κ3) is 6.47. The maximum atomic E-state index is 2.76. The second kappa shape index (κ2) is 15.7. The normalized spacial score (nSPS) is 19.3. The molecule has 14 rings (SSSR count). The molecule has 2 atom stereocenters. The Balaban J connectivity index is 1.15. The van der Waals surface area contributed by atoms with Gasteiger partial charge in [0.1, 0.15) is 0 Å². The Labute approximate surface area is 445 Å². The predicted octanol–water partition coefficient (Wildman–Crippen LogP) is 17.0. The van der Waals surface area contributed by atoms with E-state index in [9.17, 15) is 0 Å². The lowest BCUT2D eigenvalue weighted by molar-refractivity contribution is 0.133. The van der Waals surface area contributed by atoms with Gasteiger partial charge < -0.3 is 14.7 Å². The molecule has 1 aliphatic carbocycles. The Bertz CT molecular complexity index is 3840. The average Bonchev–Trinajstić information content (AvgIpc) is 3.76. The minimum atomic E-state index is -0.290. The van der Waals surface area contributed by atoms with E-state index in [2.05, 4.69) is 278 Å². The Morgan fingerprint density at radius 1 is 0.400 bits per heavy atom. The minimum absolute atomic E-state index is 0.0217. The quantitative estimate of drug-likeness (QED) is 0.163. The molecule has 0 saturated heterocycles. The van der Waals surface area contributed by atoms with Crippen LogP contribution in [0, 0.1) is 0 Å². The summed E-state index contributed by atoms with van der Waals surface area (Å²) in [5.74, 6) is 0. The fourth-order valence-corrected chi connectivity index (χ4v) is 14.2. The number of rotatable bonds is 4. The van der Waals surface area contributed by atoms with Crippen LogP contribution in [0.15, 0.2) is 194 Å². The van der Waals surface area contributed by atoms with E-state index in [1.807, 2.05) is 0 Å². The van der Waals surface area contributed by atoms with Gasteiger partial charge in [-0.2, -0.15) is 0 Å². The zero-order chi connectivity index (χ0) is 51.6. The number of fused-ring (bicyclic) bond motifs is 12. The Kier molecular flexibility index (Phi) is 9.66. The molecule has 3 nitrogen and oxygen atoms in total. The predicted molar refractivity (Wildman–Crippen MR) is 320 cm³/mol. The first-order valence-corrected chi connectivity index (χ1v) is 27.4. The van der Waals surface area contributed by atoms with Crippen LogP contribution < -0.4 is 31.1 Å². The summed E-state index contributed by atoms with van der Waals surface area (Å²) in [6.07, 6.45) is 2.29. The topological polar surface area (TPSA) is 9.72 Å². The summed E-state index contributed by atoms with van der Waals surface area (Å²) >= 11 is 0. The average molecular weight is 972 g/mol. The monoisotopic (exact) mass is 972 g/mol. The van der Waals surface area contributed by atoms with E-state index in [1.165, 1.54) is 130 Å². The standard InChI is InChI=1S/C71H66BN3/c1-67(2,3)48-31-35-59(53(40-48)46-23-15-12-16-24-46)73-62-34-29-47(45-21-13-11-14-22-45)39-58(62)72-57-33-30-50-42-63(57)74(60-36-32-49(68(4,5)6)41-54(60)52-25-17-18-26-55(52)69(50,7)8)65-44-51(43-64(73)66(65)72)75-61-28-20-19-27-56(61)70(9)37-38-71(70,75)10/h11-36,39-44H,37-38H2,1-10H3. The fourth-order valence-electron chi connectivity index (χ4n) is 14.2. The molecule has 0 radical (unpaired) electrons. The first-order chi connectivity index (χ1) is 36.0. The molecule has 5 aliphatic rings. The first-order valence-electron chi connectivity index (χ1n) is 27.4. The van der Waals surface area contributed by atoms with Crippen molar-refractivity contribution in [2.45, 2.75) is 109 Å². The molecule has 2 bridgehead atoms. The van der Waals surface area contributed by atoms with Crippen LogP contribution >= 0.6 is 0 Å². The number of hydrogen-bond acceptors (Lipinski definition) is 3. The molecule has 0 aromatic heterocycles. The zero-order valence-electron chi connectivity index (χ0n) is 45.3. The molecule has 0 amide bonds. The SMILES string of the molecule is CC(C)(C)c1ccc(N2c3ccc(-c4ccccc4)cc3B3c4ccc5cc4N(c4ccc(C(C)(C)C)cc4-c4ccccc4C5(C)C)c4cc(N5c6ccccc6C6(C)CCC56C)cc2c43)c(-c2ccccc2)c1. The van der Waals surface area contributed by atoms with Crippen molar-refractivity contribution < 1.29 is 0 Å². The lowest BCUT2D eigenvalue weighted by Gasteiger charge is -2.56. The van der Waals surface area contributed by atoms with Crippen molar-refractivity contribution in [1.82, 2.24) is 0 Å². The van der Waals surface area contributed by atoms with Crippen LogP contribution in [-0.4, -0.2) is 12.3 Å². The van der Waals surface area contributed by atoms with E-state index in [0.717, 1.165) is 6.42 Å². The van der Waals surface area contributed by atoms with E-state index in [0.29, 0.717) is 0 Å². The highest BCUT2D eigenvalue weighted by Crippen LogP contribution is 2.66. The highest BCUT2D eigenvalue weighted by atomic mass is 15.3. The van der Waals surface area contributed by atoms with Crippen LogP contribution in [0.25, 0.3) is 33.4 Å². The van der Waals surface area contributed by atoms with Crippen molar-refractivity contribution >= 4 is 68.6 Å². The van der Waals surface area contributed by atoms with Crippen molar-refractivity contribution in [3.8, 4) is 33.4 Å². The van der Waals surface area contributed by atoms with Crippen LogP contribution in [0.1, 0.15) is 110 Å². The molecule has 9 aromatic rings. The van der Waals surface area contributed by atoms with Gasteiger partial charge in [-0.25, -0.2) is 0 Å². The fraction of sp³-hybridized carbons (Fsp3) is 0.239. The number of para-hydroxylation sites is 1. The van der Waals surface area contributed by atoms with Crippen LogP contribution in [0.3, 0.4) is 0 Å². The third-order valence-corrected chi connectivity index (χ3v) is 18.9. The first kappa shape index (κ1) is 46.0. The van der Waals surface area contributed by atoms with Gasteiger partial charge >= 0.3 is 0 Å². The van der Waals surface area contributed by atoms with E-state index >= 15 is 0 Å². The van der Waals surface area contributed by atoms with E-state index in [-0.39, 0.29) is 33.9 Å². The molecule has 4 heterocycles. The second-order valence-electron chi connectivity index (χ2n) is 25.4. The van der Waals surface area contributed by atoms with Crippen molar-refractivity contribution in [3.05, 3.63) is 222 Å². The summed E-state index contributed by atoms with van der Waals surface area (Å²) < 4.78 is 0. The highest BCUT2D eigenvalue weighted by molar-refractivity contribution is 7.00. The molecule has 1 fully saturated rings. The molecule has 0 N–H and O–H groups in total. The van der Waals surface area contributed by atoms with Gasteiger partial charge in [0.25, 0.3) is 6.71 Å². The maximum absolute atomic E-state index is 2.76. The van der Waals surface area contributed by atoms with Gasteiger partial charge in [-0.05, 0) is 152 Å².